The van der Waals surface area contributed by atoms with E-state index in [0.717, 1.165) is 18.6 Å². The highest BCUT2D eigenvalue weighted by molar-refractivity contribution is 5.66. The molecule has 0 aromatic rings. The second-order valence-corrected chi connectivity index (χ2v) is 3.94. The first-order valence-corrected chi connectivity index (χ1v) is 3.94. The largest absolute Gasteiger partial charge is 0.295 e. The smallest absolute Gasteiger partial charge is 0.0882 e. The van der Waals surface area contributed by atoms with Crippen molar-refractivity contribution in [3.05, 3.63) is 0 Å². The van der Waals surface area contributed by atoms with Crippen LogP contribution < -0.4 is 5.32 Å². The molecule has 1 fully saturated rings. The van der Waals surface area contributed by atoms with Gasteiger partial charge in [0.25, 0.3) is 0 Å². The second kappa shape index (κ2) is 1.82. The first-order chi connectivity index (χ1) is 4.70. The van der Waals surface area contributed by atoms with Crippen LogP contribution >= 0.6 is 0 Å². The molecular formula is C8H14N2. The summed E-state index contributed by atoms with van der Waals surface area (Å²) in [4.78, 5) is 4.27. The van der Waals surface area contributed by atoms with Crippen molar-refractivity contribution in [1.29, 1.82) is 0 Å². The van der Waals surface area contributed by atoms with Gasteiger partial charge in [0.05, 0.1) is 6.67 Å². The van der Waals surface area contributed by atoms with Crippen LogP contribution in [-0.4, -0.2) is 18.9 Å². The molecule has 56 valence electrons. The third-order valence-electron chi connectivity index (χ3n) is 2.61. The van der Waals surface area contributed by atoms with Crippen molar-refractivity contribution >= 4 is 6.21 Å². The van der Waals surface area contributed by atoms with Gasteiger partial charge in [-0.2, -0.15) is 0 Å². The summed E-state index contributed by atoms with van der Waals surface area (Å²) < 4.78 is 0. The molecule has 0 bridgehead atoms. The fraction of sp³-hybridized carbons (Fsp3) is 0.875. The van der Waals surface area contributed by atoms with E-state index in [0.29, 0.717) is 5.41 Å². The molecule has 0 radical (unpaired) electrons. The molecule has 1 N–H and O–H groups in total. The summed E-state index contributed by atoms with van der Waals surface area (Å²) in [5.74, 6) is 0.846. The Bertz CT molecular complexity index is 172. The highest BCUT2D eigenvalue weighted by atomic mass is 15.1. The third-order valence-corrected chi connectivity index (χ3v) is 2.61. The van der Waals surface area contributed by atoms with Crippen LogP contribution in [0.4, 0.5) is 0 Å². The highest BCUT2D eigenvalue weighted by Gasteiger charge is 2.47. The Hall–Kier alpha value is -0.370. The van der Waals surface area contributed by atoms with Gasteiger partial charge in [0.15, 0.2) is 0 Å². The van der Waals surface area contributed by atoms with Gasteiger partial charge in [-0.15, -0.1) is 0 Å². The number of hydrogen-bond donors (Lipinski definition) is 1. The summed E-state index contributed by atoms with van der Waals surface area (Å²) in [6.45, 7) is 5.37. The number of nitrogens with zero attached hydrogens (tertiary/aromatic N) is 1. The average molecular weight is 138 g/mol. The maximum absolute atomic E-state index is 4.27. The van der Waals surface area contributed by atoms with Gasteiger partial charge in [0, 0.05) is 17.7 Å². The fourth-order valence-electron chi connectivity index (χ4n) is 1.79. The standard InChI is InChI=1S/C8H14N2/c1-8(2)4-9-5-10-7-3-6(7)8/h4,6-7,10H,3,5H2,1-2H3. The van der Waals surface area contributed by atoms with Gasteiger partial charge in [0.1, 0.15) is 0 Å². The summed E-state index contributed by atoms with van der Waals surface area (Å²) in [7, 11) is 0. The summed E-state index contributed by atoms with van der Waals surface area (Å²) in [5, 5.41) is 3.38. The molecule has 10 heavy (non-hydrogen) atoms. The van der Waals surface area contributed by atoms with Crippen molar-refractivity contribution in [3.63, 3.8) is 0 Å². The van der Waals surface area contributed by atoms with Crippen molar-refractivity contribution in [3.8, 4) is 0 Å². The second-order valence-electron chi connectivity index (χ2n) is 3.94. The first-order valence-electron chi connectivity index (χ1n) is 3.94. The molecular weight excluding hydrogens is 124 g/mol. The van der Waals surface area contributed by atoms with E-state index in [1.54, 1.807) is 0 Å². The van der Waals surface area contributed by atoms with Gasteiger partial charge in [0.2, 0.25) is 0 Å². The minimum absolute atomic E-state index is 0.341. The van der Waals surface area contributed by atoms with E-state index < -0.39 is 0 Å². The Labute approximate surface area is 61.7 Å². The lowest BCUT2D eigenvalue weighted by Gasteiger charge is -2.16. The Morgan fingerprint density at radius 3 is 3.20 bits per heavy atom. The molecule has 1 saturated carbocycles. The van der Waals surface area contributed by atoms with E-state index in [2.05, 4.69) is 30.4 Å². The van der Waals surface area contributed by atoms with E-state index in [4.69, 9.17) is 0 Å². The third kappa shape index (κ3) is 0.870. The SMILES string of the molecule is CC1(C)C=NCNC2CC21. The molecule has 0 spiro atoms. The zero-order valence-corrected chi connectivity index (χ0v) is 6.59. The normalized spacial score (nSPS) is 42.2. The molecule has 2 nitrogen and oxygen atoms in total. The molecule has 1 aliphatic carbocycles. The van der Waals surface area contributed by atoms with Crippen LogP contribution in [0.3, 0.4) is 0 Å². The molecule has 2 unspecified atom stereocenters. The van der Waals surface area contributed by atoms with Gasteiger partial charge in [-0.3, -0.25) is 10.3 Å². The van der Waals surface area contributed by atoms with Crippen molar-refractivity contribution in [1.82, 2.24) is 5.32 Å². The Kier molecular flexibility index (Phi) is 1.15. The molecule has 1 heterocycles. The van der Waals surface area contributed by atoms with Gasteiger partial charge >= 0.3 is 0 Å². The topological polar surface area (TPSA) is 24.4 Å². The Balaban J connectivity index is 2.18. The van der Waals surface area contributed by atoms with Crippen molar-refractivity contribution in [2.45, 2.75) is 26.3 Å². The van der Waals surface area contributed by atoms with E-state index in [1.165, 1.54) is 6.42 Å². The number of aliphatic imine (C=N–C) groups is 1. The minimum Gasteiger partial charge on any atom is -0.295 e. The minimum atomic E-state index is 0.341. The number of rotatable bonds is 0. The average Bonchev–Trinajstić information content (AvgIpc) is 2.56. The molecule has 0 amide bonds. The molecule has 2 rings (SSSR count). The van der Waals surface area contributed by atoms with Gasteiger partial charge in [-0.1, -0.05) is 13.8 Å². The molecule has 0 aromatic heterocycles. The molecule has 0 saturated heterocycles. The van der Waals surface area contributed by atoms with Gasteiger partial charge in [-0.25, -0.2) is 0 Å². The Morgan fingerprint density at radius 2 is 2.40 bits per heavy atom. The van der Waals surface area contributed by atoms with Crippen molar-refractivity contribution in [2.24, 2.45) is 16.3 Å². The zero-order valence-electron chi connectivity index (χ0n) is 6.59. The summed E-state index contributed by atoms with van der Waals surface area (Å²) in [5.41, 5.74) is 0.341. The van der Waals surface area contributed by atoms with Crippen LogP contribution in [0.25, 0.3) is 0 Å². The van der Waals surface area contributed by atoms with Crippen LogP contribution in [0.5, 0.6) is 0 Å². The maximum atomic E-state index is 4.27. The van der Waals surface area contributed by atoms with Crippen LogP contribution in [0.1, 0.15) is 20.3 Å². The van der Waals surface area contributed by atoms with Crippen LogP contribution in [0.15, 0.2) is 4.99 Å². The van der Waals surface area contributed by atoms with Crippen LogP contribution in [0, 0.1) is 11.3 Å². The number of nitrogens with one attached hydrogen (secondary N) is 1. The zero-order chi connectivity index (χ0) is 7.19. The quantitative estimate of drug-likeness (QED) is 0.531. The fourth-order valence-corrected chi connectivity index (χ4v) is 1.79. The van der Waals surface area contributed by atoms with Gasteiger partial charge in [-0.05, 0) is 12.3 Å². The number of fused-ring (bicyclic) bond motifs is 1. The molecule has 2 atom stereocenters. The lowest BCUT2D eigenvalue weighted by molar-refractivity contribution is 0.443. The summed E-state index contributed by atoms with van der Waals surface area (Å²) in [6.07, 6.45) is 3.46. The van der Waals surface area contributed by atoms with E-state index in [9.17, 15) is 0 Å². The van der Waals surface area contributed by atoms with Gasteiger partial charge < -0.3 is 0 Å². The van der Waals surface area contributed by atoms with Crippen molar-refractivity contribution < 1.29 is 0 Å². The summed E-state index contributed by atoms with van der Waals surface area (Å²) >= 11 is 0. The lowest BCUT2D eigenvalue weighted by Crippen LogP contribution is -2.20. The predicted octanol–water partition coefficient (Wildman–Crippen LogP) is 1.03. The molecule has 0 aromatic carbocycles. The molecule has 2 heteroatoms. The first kappa shape index (κ1) is 6.35. The lowest BCUT2D eigenvalue weighted by atomic mass is 9.89. The molecule has 1 aliphatic heterocycles. The van der Waals surface area contributed by atoms with E-state index >= 15 is 0 Å². The predicted molar refractivity (Wildman–Crippen MR) is 42.2 cm³/mol. The highest BCUT2D eigenvalue weighted by Crippen LogP contribution is 2.45. The number of hydrogen-bond acceptors (Lipinski definition) is 2. The monoisotopic (exact) mass is 138 g/mol. The van der Waals surface area contributed by atoms with Crippen molar-refractivity contribution in [2.75, 3.05) is 6.67 Å². The maximum Gasteiger partial charge on any atom is 0.0882 e. The van der Waals surface area contributed by atoms with Crippen LogP contribution in [-0.2, 0) is 0 Å². The molecule has 2 aliphatic rings. The summed E-state index contributed by atoms with van der Waals surface area (Å²) in [6, 6.07) is 0.762. The van der Waals surface area contributed by atoms with E-state index in [1.807, 2.05) is 0 Å². The van der Waals surface area contributed by atoms with Crippen LogP contribution in [0.2, 0.25) is 0 Å². The Morgan fingerprint density at radius 1 is 1.60 bits per heavy atom. The van der Waals surface area contributed by atoms with E-state index in [-0.39, 0.29) is 0 Å².